The third kappa shape index (κ3) is 3.47. The van der Waals surface area contributed by atoms with Gasteiger partial charge in [-0.25, -0.2) is 13.2 Å². The van der Waals surface area contributed by atoms with Crippen molar-refractivity contribution >= 4 is 0 Å². The van der Waals surface area contributed by atoms with Crippen molar-refractivity contribution < 1.29 is 13.2 Å². The van der Waals surface area contributed by atoms with E-state index in [0.29, 0.717) is 18.3 Å². The van der Waals surface area contributed by atoms with Gasteiger partial charge >= 0.3 is 0 Å². The summed E-state index contributed by atoms with van der Waals surface area (Å²) in [5, 5.41) is 0. The van der Waals surface area contributed by atoms with E-state index in [9.17, 15) is 13.2 Å². The van der Waals surface area contributed by atoms with Crippen LogP contribution in [0.5, 0.6) is 0 Å². The highest BCUT2D eigenvalue weighted by molar-refractivity contribution is 5.63. The van der Waals surface area contributed by atoms with Gasteiger partial charge in [0, 0.05) is 0 Å². The molecule has 2 aromatic carbocycles. The van der Waals surface area contributed by atoms with Gasteiger partial charge in [-0.3, -0.25) is 0 Å². The third-order valence-electron chi connectivity index (χ3n) is 2.90. The van der Waals surface area contributed by atoms with E-state index in [2.05, 4.69) is 0 Å². The molecule has 0 unspecified atom stereocenters. The SMILES string of the molecule is FC=CCCc1ccc(-c2ccc(F)c(F)c2)cc1. The zero-order valence-electron chi connectivity index (χ0n) is 10.2. The van der Waals surface area contributed by atoms with Gasteiger partial charge in [0.15, 0.2) is 11.6 Å². The molecule has 0 heterocycles. The molecule has 2 rings (SSSR count). The van der Waals surface area contributed by atoms with E-state index in [1.165, 1.54) is 12.1 Å². The van der Waals surface area contributed by atoms with Crippen molar-refractivity contribution in [3.8, 4) is 11.1 Å². The lowest BCUT2D eigenvalue weighted by Gasteiger charge is -2.04. The summed E-state index contributed by atoms with van der Waals surface area (Å²) in [4.78, 5) is 0. The number of rotatable bonds is 4. The molecule has 0 radical (unpaired) electrons. The monoisotopic (exact) mass is 262 g/mol. The van der Waals surface area contributed by atoms with Crippen LogP contribution < -0.4 is 0 Å². The Morgan fingerprint density at radius 2 is 1.53 bits per heavy atom. The molecule has 0 nitrogen and oxygen atoms in total. The van der Waals surface area contributed by atoms with Crippen LogP contribution in [0.4, 0.5) is 13.2 Å². The van der Waals surface area contributed by atoms with E-state index in [4.69, 9.17) is 0 Å². The van der Waals surface area contributed by atoms with Gasteiger partial charge in [0.05, 0.1) is 6.33 Å². The molecule has 0 atom stereocenters. The molecule has 0 amide bonds. The summed E-state index contributed by atoms with van der Waals surface area (Å²) in [6, 6.07) is 11.3. The Kier molecular flexibility index (Phi) is 4.39. The van der Waals surface area contributed by atoms with Gasteiger partial charge < -0.3 is 0 Å². The lowest BCUT2D eigenvalue weighted by atomic mass is 10.0. The van der Waals surface area contributed by atoms with Crippen molar-refractivity contribution in [3.63, 3.8) is 0 Å². The molecule has 0 aliphatic rings. The second-order valence-corrected chi connectivity index (χ2v) is 4.23. The maximum atomic E-state index is 13.1. The molecule has 0 saturated heterocycles. The van der Waals surface area contributed by atoms with Crippen LogP contribution in [0.2, 0.25) is 0 Å². The highest BCUT2D eigenvalue weighted by Crippen LogP contribution is 2.22. The molecule has 0 spiro atoms. The van der Waals surface area contributed by atoms with Gasteiger partial charge in [0.2, 0.25) is 0 Å². The largest absolute Gasteiger partial charge is 0.216 e. The number of halogens is 3. The fourth-order valence-electron chi connectivity index (χ4n) is 1.85. The van der Waals surface area contributed by atoms with E-state index in [-0.39, 0.29) is 0 Å². The Balaban J connectivity index is 2.15. The molecular formula is C16H13F3. The second-order valence-electron chi connectivity index (χ2n) is 4.23. The first kappa shape index (κ1) is 13.4. The average Bonchev–Trinajstić information content (AvgIpc) is 2.43. The Bertz CT molecular complexity index is 571. The zero-order valence-corrected chi connectivity index (χ0v) is 10.2. The van der Waals surface area contributed by atoms with Crippen molar-refractivity contribution in [2.24, 2.45) is 0 Å². The van der Waals surface area contributed by atoms with Crippen LogP contribution in [0.15, 0.2) is 54.9 Å². The topological polar surface area (TPSA) is 0 Å². The molecule has 98 valence electrons. The maximum Gasteiger partial charge on any atom is 0.159 e. The van der Waals surface area contributed by atoms with Gasteiger partial charge in [0.25, 0.3) is 0 Å². The van der Waals surface area contributed by atoms with Crippen molar-refractivity contribution in [1.82, 2.24) is 0 Å². The smallest absolute Gasteiger partial charge is 0.159 e. The first-order chi connectivity index (χ1) is 9.20. The summed E-state index contributed by atoms with van der Waals surface area (Å²) in [5.41, 5.74) is 2.53. The van der Waals surface area contributed by atoms with E-state index in [0.717, 1.165) is 23.6 Å². The van der Waals surface area contributed by atoms with E-state index in [1.807, 2.05) is 24.3 Å². The Hall–Kier alpha value is -2.03. The van der Waals surface area contributed by atoms with Crippen LogP contribution >= 0.6 is 0 Å². The summed E-state index contributed by atoms with van der Waals surface area (Å²) in [6.07, 6.45) is 3.39. The molecule has 0 aliphatic heterocycles. The van der Waals surface area contributed by atoms with E-state index < -0.39 is 11.6 Å². The Morgan fingerprint density at radius 3 is 2.16 bits per heavy atom. The summed E-state index contributed by atoms with van der Waals surface area (Å²) in [7, 11) is 0. The predicted molar refractivity (Wildman–Crippen MR) is 70.4 cm³/mol. The van der Waals surface area contributed by atoms with Gasteiger partial charge in [-0.05, 0) is 41.7 Å². The van der Waals surface area contributed by atoms with Crippen LogP contribution in [0.3, 0.4) is 0 Å². The summed E-state index contributed by atoms with van der Waals surface area (Å²) < 4.78 is 37.8. The molecule has 0 bridgehead atoms. The summed E-state index contributed by atoms with van der Waals surface area (Å²) >= 11 is 0. The van der Waals surface area contributed by atoms with Crippen molar-refractivity contribution in [3.05, 3.63) is 72.1 Å². The lowest BCUT2D eigenvalue weighted by molar-refractivity contribution is 0.509. The van der Waals surface area contributed by atoms with Crippen molar-refractivity contribution in [2.45, 2.75) is 12.8 Å². The van der Waals surface area contributed by atoms with E-state index in [1.54, 1.807) is 6.07 Å². The van der Waals surface area contributed by atoms with Crippen LogP contribution in [0.25, 0.3) is 11.1 Å². The molecule has 0 aromatic heterocycles. The second kappa shape index (κ2) is 6.23. The number of aryl methyl sites for hydroxylation is 1. The predicted octanol–water partition coefficient (Wildman–Crippen LogP) is 5.05. The van der Waals surface area contributed by atoms with Gasteiger partial charge in [-0.15, -0.1) is 0 Å². The first-order valence-electron chi connectivity index (χ1n) is 6.00. The average molecular weight is 262 g/mol. The molecule has 0 fully saturated rings. The minimum absolute atomic E-state index is 0.537. The highest BCUT2D eigenvalue weighted by Gasteiger charge is 2.04. The quantitative estimate of drug-likeness (QED) is 0.723. The van der Waals surface area contributed by atoms with Crippen molar-refractivity contribution in [1.29, 1.82) is 0 Å². The number of hydrogen-bond acceptors (Lipinski definition) is 0. The minimum Gasteiger partial charge on any atom is -0.216 e. The fourth-order valence-corrected chi connectivity index (χ4v) is 1.85. The number of allylic oxidation sites excluding steroid dienone is 1. The normalized spacial score (nSPS) is 11.1. The summed E-state index contributed by atoms with van der Waals surface area (Å²) in [6.45, 7) is 0. The molecule has 0 N–H and O–H groups in total. The molecule has 0 aliphatic carbocycles. The zero-order chi connectivity index (χ0) is 13.7. The Morgan fingerprint density at radius 1 is 0.842 bits per heavy atom. The molecule has 0 saturated carbocycles. The van der Waals surface area contributed by atoms with Gasteiger partial charge in [-0.1, -0.05) is 36.4 Å². The summed E-state index contributed by atoms with van der Waals surface area (Å²) in [5.74, 6) is -1.70. The van der Waals surface area contributed by atoms with Crippen molar-refractivity contribution in [2.75, 3.05) is 0 Å². The minimum atomic E-state index is -0.852. The van der Waals surface area contributed by atoms with Crippen LogP contribution in [0, 0.1) is 11.6 Å². The molecule has 2 aromatic rings. The van der Waals surface area contributed by atoms with Crippen LogP contribution in [0.1, 0.15) is 12.0 Å². The van der Waals surface area contributed by atoms with Crippen LogP contribution in [-0.2, 0) is 6.42 Å². The standard InChI is InChI=1S/C16H13F3/c17-10-2-1-3-12-4-6-13(7-5-12)14-8-9-15(18)16(19)11-14/h2,4-11H,1,3H2. The maximum absolute atomic E-state index is 13.1. The third-order valence-corrected chi connectivity index (χ3v) is 2.90. The fraction of sp³-hybridized carbons (Fsp3) is 0.125. The first-order valence-corrected chi connectivity index (χ1v) is 6.00. The molecule has 19 heavy (non-hydrogen) atoms. The van der Waals surface area contributed by atoms with Gasteiger partial charge in [-0.2, -0.15) is 0 Å². The van der Waals surface area contributed by atoms with E-state index >= 15 is 0 Å². The Labute approximate surface area is 110 Å². The molecule has 3 heteroatoms. The lowest BCUT2D eigenvalue weighted by Crippen LogP contribution is -1.87. The highest BCUT2D eigenvalue weighted by atomic mass is 19.2. The van der Waals surface area contributed by atoms with Crippen LogP contribution in [-0.4, -0.2) is 0 Å². The number of benzene rings is 2. The van der Waals surface area contributed by atoms with Gasteiger partial charge in [0.1, 0.15) is 0 Å². The number of hydrogen-bond donors (Lipinski definition) is 0. The molecular weight excluding hydrogens is 249 g/mol.